The Balaban J connectivity index is 2.23. The first kappa shape index (κ1) is 11.0. The van der Waals surface area contributed by atoms with E-state index in [1.165, 1.54) is 44.9 Å². The van der Waals surface area contributed by atoms with Crippen LogP contribution in [0.4, 0.5) is 0 Å². The van der Waals surface area contributed by atoms with E-state index in [2.05, 4.69) is 13.8 Å². The smallest absolute Gasteiger partial charge is 0.00205 e. The molecule has 0 atom stereocenters. The van der Waals surface area contributed by atoms with Crippen molar-refractivity contribution in [1.29, 1.82) is 0 Å². The van der Waals surface area contributed by atoms with E-state index < -0.39 is 0 Å². The van der Waals surface area contributed by atoms with E-state index in [-0.39, 0.29) is 0 Å². The van der Waals surface area contributed by atoms with Gasteiger partial charge in [0, 0.05) is 0 Å². The molecular weight excluding hydrogens is 158 g/mol. The average Bonchev–Trinajstić information content (AvgIpc) is 2.53. The van der Waals surface area contributed by atoms with Gasteiger partial charge in [-0.2, -0.15) is 0 Å². The van der Waals surface area contributed by atoms with Gasteiger partial charge in [0.1, 0.15) is 0 Å². The summed E-state index contributed by atoms with van der Waals surface area (Å²) in [6.45, 7) is 5.54. The summed E-state index contributed by atoms with van der Waals surface area (Å²) in [5, 5.41) is 0. The van der Waals surface area contributed by atoms with E-state index in [1.807, 2.05) is 0 Å². The Kier molecular flexibility index (Phi) is 4.24. The van der Waals surface area contributed by atoms with E-state index in [0.29, 0.717) is 5.41 Å². The maximum Gasteiger partial charge on any atom is -0.00205 e. The first-order valence-electron chi connectivity index (χ1n) is 5.89. The summed E-state index contributed by atoms with van der Waals surface area (Å²) >= 11 is 0. The SMILES string of the molecule is CC(C)CCCC1(CN)CCCC1. The van der Waals surface area contributed by atoms with Gasteiger partial charge in [-0.1, -0.05) is 39.5 Å². The Bertz CT molecular complexity index is 134. The fourth-order valence-corrected chi connectivity index (χ4v) is 2.57. The predicted molar refractivity (Wildman–Crippen MR) is 58.6 cm³/mol. The van der Waals surface area contributed by atoms with E-state index in [1.54, 1.807) is 0 Å². The Morgan fingerprint density at radius 3 is 2.31 bits per heavy atom. The highest BCUT2D eigenvalue weighted by atomic mass is 14.6. The summed E-state index contributed by atoms with van der Waals surface area (Å²) < 4.78 is 0. The highest BCUT2D eigenvalue weighted by Gasteiger charge is 2.31. The molecule has 0 spiro atoms. The molecule has 0 saturated heterocycles. The second-order valence-corrected chi connectivity index (χ2v) is 5.20. The van der Waals surface area contributed by atoms with Crippen molar-refractivity contribution in [3.63, 3.8) is 0 Å². The Labute approximate surface area is 83.1 Å². The third-order valence-corrected chi connectivity index (χ3v) is 3.59. The fourth-order valence-electron chi connectivity index (χ4n) is 2.57. The lowest BCUT2D eigenvalue weighted by molar-refractivity contribution is 0.266. The van der Waals surface area contributed by atoms with Gasteiger partial charge < -0.3 is 5.73 Å². The molecule has 2 N–H and O–H groups in total. The van der Waals surface area contributed by atoms with Crippen LogP contribution in [0.3, 0.4) is 0 Å². The van der Waals surface area contributed by atoms with Crippen LogP contribution in [0.1, 0.15) is 58.8 Å². The lowest BCUT2D eigenvalue weighted by atomic mass is 9.80. The third kappa shape index (κ3) is 3.30. The van der Waals surface area contributed by atoms with Gasteiger partial charge in [0.25, 0.3) is 0 Å². The van der Waals surface area contributed by atoms with Gasteiger partial charge in [-0.25, -0.2) is 0 Å². The molecule has 0 aromatic rings. The molecule has 13 heavy (non-hydrogen) atoms. The molecule has 0 amide bonds. The molecule has 0 radical (unpaired) electrons. The molecule has 1 aliphatic carbocycles. The number of rotatable bonds is 5. The second kappa shape index (κ2) is 4.99. The normalized spacial score (nSPS) is 21.2. The molecule has 1 saturated carbocycles. The molecule has 1 nitrogen and oxygen atoms in total. The first-order valence-corrected chi connectivity index (χ1v) is 5.89. The molecule has 1 rings (SSSR count). The molecule has 78 valence electrons. The summed E-state index contributed by atoms with van der Waals surface area (Å²) in [5.41, 5.74) is 6.44. The van der Waals surface area contributed by atoms with Crippen molar-refractivity contribution in [3.05, 3.63) is 0 Å². The summed E-state index contributed by atoms with van der Waals surface area (Å²) in [4.78, 5) is 0. The van der Waals surface area contributed by atoms with Crippen LogP contribution in [0, 0.1) is 11.3 Å². The van der Waals surface area contributed by atoms with Gasteiger partial charge in [0.05, 0.1) is 0 Å². The standard InChI is InChI=1S/C12H25N/c1-11(2)6-5-9-12(10-13)7-3-4-8-12/h11H,3-10,13H2,1-2H3. The van der Waals surface area contributed by atoms with Crippen LogP contribution in [0.5, 0.6) is 0 Å². The molecule has 0 aromatic heterocycles. The minimum Gasteiger partial charge on any atom is -0.330 e. The lowest BCUT2D eigenvalue weighted by Gasteiger charge is -2.27. The van der Waals surface area contributed by atoms with Crippen molar-refractivity contribution < 1.29 is 0 Å². The van der Waals surface area contributed by atoms with E-state index in [9.17, 15) is 0 Å². The molecule has 1 heteroatoms. The summed E-state index contributed by atoms with van der Waals surface area (Å²) in [6, 6.07) is 0. The van der Waals surface area contributed by atoms with E-state index >= 15 is 0 Å². The Morgan fingerprint density at radius 1 is 1.23 bits per heavy atom. The zero-order valence-electron chi connectivity index (χ0n) is 9.31. The molecule has 1 aliphatic rings. The highest BCUT2D eigenvalue weighted by Crippen LogP contribution is 2.41. The number of nitrogens with two attached hydrogens (primary N) is 1. The third-order valence-electron chi connectivity index (χ3n) is 3.59. The van der Waals surface area contributed by atoms with Gasteiger partial charge in [-0.05, 0) is 37.1 Å². The molecule has 0 heterocycles. The zero-order chi connectivity index (χ0) is 9.73. The van der Waals surface area contributed by atoms with Gasteiger partial charge in [0.15, 0.2) is 0 Å². The molecule has 0 unspecified atom stereocenters. The van der Waals surface area contributed by atoms with Crippen molar-refractivity contribution in [2.24, 2.45) is 17.1 Å². The van der Waals surface area contributed by atoms with E-state index in [4.69, 9.17) is 5.73 Å². The van der Waals surface area contributed by atoms with E-state index in [0.717, 1.165) is 12.5 Å². The second-order valence-electron chi connectivity index (χ2n) is 5.20. The number of hydrogen-bond acceptors (Lipinski definition) is 1. The first-order chi connectivity index (χ1) is 6.18. The molecule has 0 bridgehead atoms. The summed E-state index contributed by atoms with van der Waals surface area (Å²) in [6.07, 6.45) is 9.75. The zero-order valence-corrected chi connectivity index (χ0v) is 9.31. The quantitative estimate of drug-likeness (QED) is 0.695. The van der Waals surface area contributed by atoms with Crippen LogP contribution >= 0.6 is 0 Å². The average molecular weight is 183 g/mol. The maximum atomic E-state index is 5.89. The minimum atomic E-state index is 0.550. The topological polar surface area (TPSA) is 26.0 Å². The van der Waals surface area contributed by atoms with Crippen molar-refractivity contribution in [3.8, 4) is 0 Å². The molecule has 1 fully saturated rings. The Morgan fingerprint density at radius 2 is 1.85 bits per heavy atom. The minimum absolute atomic E-state index is 0.550. The highest BCUT2D eigenvalue weighted by molar-refractivity contribution is 4.85. The van der Waals surface area contributed by atoms with Crippen LogP contribution in [-0.4, -0.2) is 6.54 Å². The van der Waals surface area contributed by atoms with Gasteiger partial charge in [0.2, 0.25) is 0 Å². The monoisotopic (exact) mass is 183 g/mol. The summed E-state index contributed by atoms with van der Waals surface area (Å²) in [5.74, 6) is 0.858. The molecule has 0 aromatic carbocycles. The van der Waals surface area contributed by atoms with Crippen molar-refractivity contribution in [1.82, 2.24) is 0 Å². The molecular formula is C12H25N. The molecule has 0 aliphatic heterocycles. The van der Waals surface area contributed by atoms with Crippen LogP contribution in [0.25, 0.3) is 0 Å². The lowest BCUT2D eigenvalue weighted by Crippen LogP contribution is -2.27. The van der Waals surface area contributed by atoms with Crippen LogP contribution in [0.2, 0.25) is 0 Å². The number of hydrogen-bond donors (Lipinski definition) is 1. The van der Waals surface area contributed by atoms with Gasteiger partial charge >= 0.3 is 0 Å². The van der Waals surface area contributed by atoms with Gasteiger partial charge in [-0.15, -0.1) is 0 Å². The van der Waals surface area contributed by atoms with Crippen LogP contribution in [-0.2, 0) is 0 Å². The summed E-state index contributed by atoms with van der Waals surface area (Å²) in [7, 11) is 0. The van der Waals surface area contributed by atoms with Crippen molar-refractivity contribution in [2.45, 2.75) is 58.8 Å². The predicted octanol–water partition coefficient (Wildman–Crippen LogP) is 3.33. The maximum absolute atomic E-state index is 5.89. The van der Waals surface area contributed by atoms with Crippen LogP contribution in [0.15, 0.2) is 0 Å². The Hall–Kier alpha value is -0.0400. The fraction of sp³-hybridized carbons (Fsp3) is 1.00. The van der Waals surface area contributed by atoms with Crippen molar-refractivity contribution >= 4 is 0 Å². The van der Waals surface area contributed by atoms with Crippen molar-refractivity contribution in [2.75, 3.05) is 6.54 Å². The largest absolute Gasteiger partial charge is 0.330 e. The van der Waals surface area contributed by atoms with Crippen LogP contribution < -0.4 is 5.73 Å². The van der Waals surface area contributed by atoms with Gasteiger partial charge in [-0.3, -0.25) is 0 Å².